The summed E-state index contributed by atoms with van der Waals surface area (Å²) in [6.07, 6.45) is 5.19. The highest BCUT2D eigenvalue weighted by atomic mass is 32.2. The Morgan fingerprint density at radius 3 is 2.13 bits per heavy atom. The van der Waals surface area contributed by atoms with Gasteiger partial charge in [0, 0.05) is 6.54 Å². The molecule has 1 aromatic carbocycles. The van der Waals surface area contributed by atoms with Gasteiger partial charge in [-0.2, -0.15) is 0 Å². The molecule has 2 atom stereocenters. The number of hydrogen-bond donors (Lipinski definition) is 3. The lowest BCUT2D eigenvalue weighted by Gasteiger charge is -2.29. The molecule has 1 rings (SSSR count). The van der Waals surface area contributed by atoms with Crippen molar-refractivity contribution in [2.75, 3.05) is 12.8 Å². The predicted octanol–water partition coefficient (Wildman–Crippen LogP) is 2.82. The number of benzene rings is 1. The SMILES string of the molecule is CC(C)CC(C(=O)NN(CC(C)C)S(C)(=O)=O)C(C/C=C/c1ccccc1)C(=O)NO. The summed E-state index contributed by atoms with van der Waals surface area (Å²) in [5.74, 6) is -2.89. The summed E-state index contributed by atoms with van der Waals surface area (Å²) in [5, 5.41) is 9.25. The molecule has 174 valence electrons. The number of carbonyl (C=O) groups excluding carboxylic acids is 2. The third kappa shape index (κ3) is 9.63. The molecular weight excluding hydrogens is 418 g/mol. The van der Waals surface area contributed by atoms with Gasteiger partial charge in [0.2, 0.25) is 21.8 Å². The Hall–Kier alpha value is -2.23. The van der Waals surface area contributed by atoms with Crippen molar-refractivity contribution in [2.24, 2.45) is 23.7 Å². The molecule has 0 spiro atoms. The van der Waals surface area contributed by atoms with Crippen LogP contribution in [-0.2, 0) is 19.6 Å². The first kappa shape index (κ1) is 26.8. The Kier molecular flexibility index (Phi) is 10.9. The van der Waals surface area contributed by atoms with Crippen molar-refractivity contribution in [3.05, 3.63) is 42.0 Å². The van der Waals surface area contributed by atoms with E-state index in [0.717, 1.165) is 16.2 Å². The Morgan fingerprint density at radius 1 is 1.03 bits per heavy atom. The monoisotopic (exact) mass is 453 g/mol. The van der Waals surface area contributed by atoms with Crippen LogP contribution in [0, 0.1) is 23.7 Å². The van der Waals surface area contributed by atoms with Crippen LogP contribution in [0.1, 0.15) is 46.1 Å². The maximum absolute atomic E-state index is 13.1. The number of sulfonamides is 1. The number of rotatable bonds is 12. The van der Waals surface area contributed by atoms with Gasteiger partial charge in [-0.3, -0.25) is 20.2 Å². The zero-order valence-electron chi connectivity index (χ0n) is 18.9. The summed E-state index contributed by atoms with van der Waals surface area (Å²) in [7, 11) is -3.68. The first-order valence-electron chi connectivity index (χ1n) is 10.4. The lowest BCUT2D eigenvalue weighted by atomic mass is 9.82. The summed E-state index contributed by atoms with van der Waals surface area (Å²) < 4.78 is 25.2. The van der Waals surface area contributed by atoms with Crippen LogP contribution in [0.3, 0.4) is 0 Å². The molecule has 0 bridgehead atoms. The molecule has 3 N–H and O–H groups in total. The molecule has 2 amide bonds. The van der Waals surface area contributed by atoms with Crippen molar-refractivity contribution in [1.29, 1.82) is 0 Å². The topological polar surface area (TPSA) is 116 Å². The normalized spacial score (nSPS) is 14.2. The van der Waals surface area contributed by atoms with E-state index in [1.54, 1.807) is 11.6 Å². The average Bonchev–Trinajstić information content (AvgIpc) is 2.68. The van der Waals surface area contributed by atoms with Crippen LogP contribution in [0.25, 0.3) is 6.08 Å². The van der Waals surface area contributed by atoms with Crippen LogP contribution in [0.4, 0.5) is 0 Å². The van der Waals surface area contributed by atoms with Gasteiger partial charge in [0.15, 0.2) is 0 Å². The Labute approximate surface area is 185 Å². The van der Waals surface area contributed by atoms with Crippen molar-refractivity contribution in [3.63, 3.8) is 0 Å². The fourth-order valence-electron chi connectivity index (χ4n) is 3.22. The van der Waals surface area contributed by atoms with Crippen LogP contribution in [0.15, 0.2) is 36.4 Å². The van der Waals surface area contributed by atoms with E-state index in [2.05, 4.69) is 5.43 Å². The molecule has 9 heteroatoms. The highest BCUT2D eigenvalue weighted by Crippen LogP contribution is 2.26. The summed E-state index contributed by atoms with van der Waals surface area (Å²) in [6.45, 7) is 7.62. The number of hydrazine groups is 1. The quantitative estimate of drug-likeness (QED) is 0.332. The number of amides is 2. The largest absolute Gasteiger partial charge is 0.289 e. The van der Waals surface area contributed by atoms with E-state index in [-0.39, 0.29) is 24.8 Å². The van der Waals surface area contributed by atoms with E-state index in [4.69, 9.17) is 0 Å². The van der Waals surface area contributed by atoms with Gasteiger partial charge in [0.25, 0.3) is 0 Å². The maximum atomic E-state index is 13.1. The van der Waals surface area contributed by atoms with E-state index < -0.39 is 33.7 Å². The molecule has 0 saturated carbocycles. The molecule has 0 radical (unpaired) electrons. The fourth-order valence-corrected chi connectivity index (χ4v) is 4.04. The lowest BCUT2D eigenvalue weighted by Crippen LogP contribution is -2.51. The molecule has 2 unspecified atom stereocenters. The minimum absolute atomic E-state index is 0.0103. The molecule has 0 heterocycles. The molecule has 0 aliphatic heterocycles. The second kappa shape index (κ2) is 12.6. The number of nitrogens with zero attached hydrogens (tertiary/aromatic N) is 1. The molecule has 8 nitrogen and oxygen atoms in total. The smallest absolute Gasteiger partial charge is 0.247 e. The van der Waals surface area contributed by atoms with Gasteiger partial charge in [0.05, 0.1) is 18.1 Å². The number of hydroxylamine groups is 1. The maximum Gasteiger partial charge on any atom is 0.247 e. The van der Waals surface area contributed by atoms with E-state index in [9.17, 15) is 23.2 Å². The van der Waals surface area contributed by atoms with Crippen LogP contribution in [0.5, 0.6) is 0 Å². The third-order valence-corrected chi connectivity index (χ3v) is 5.70. The highest BCUT2D eigenvalue weighted by molar-refractivity contribution is 7.88. The van der Waals surface area contributed by atoms with E-state index in [1.807, 2.05) is 64.1 Å². The van der Waals surface area contributed by atoms with Crippen molar-refractivity contribution in [3.8, 4) is 0 Å². The molecular formula is C22H35N3O5S. The second-order valence-electron chi connectivity index (χ2n) is 8.53. The minimum atomic E-state index is -3.68. The van der Waals surface area contributed by atoms with Gasteiger partial charge in [-0.15, -0.1) is 4.41 Å². The Bertz CT molecular complexity index is 838. The number of allylic oxidation sites excluding steroid dienone is 1. The Balaban J connectivity index is 3.14. The molecule has 31 heavy (non-hydrogen) atoms. The van der Waals surface area contributed by atoms with Crippen molar-refractivity contribution < 1.29 is 23.2 Å². The van der Waals surface area contributed by atoms with Gasteiger partial charge in [0.1, 0.15) is 0 Å². The van der Waals surface area contributed by atoms with Crippen LogP contribution in [0.2, 0.25) is 0 Å². The van der Waals surface area contributed by atoms with Gasteiger partial charge in [-0.1, -0.05) is 70.2 Å². The minimum Gasteiger partial charge on any atom is -0.289 e. The molecule has 1 aromatic rings. The summed E-state index contributed by atoms with van der Waals surface area (Å²) in [6, 6.07) is 9.49. The van der Waals surface area contributed by atoms with Gasteiger partial charge >= 0.3 is 0 Å². The third-order valence-electron chi connectivity index (χ3n) is 4.66. The zero-order valence-corrected chi connectivity index (χ0v) is 19.7. The standard InChI is InChI=1S/C22H35N3O5S/c1-16(2)14-20(21(26)23-25(15-17(3)4)31(5,29)30)19(22(27)24-28)13-9-12-18-10-7-6-8-11-18/h6-12,16-17,19-20,28H,13-15H2,1-5H3,(H,23,26)(H,24,27)/b12-9+. The molecule has 0 aliphatic rings. The van der Waals surface area contributed by atoms with Crippen LogP contribution in [-0.4, -0.2) is 42.7 Å². The number of carbonyl (C=O) groups is 2. The van der Waals surface area contributed by atoms with Crippen molar-refractivity contribution >= 4 is 27.9 Å². The first-order chi connectivity index (χ1) is 14.5. The van der Waals surface area contributed by atoms with Gasteiger partial charge < -0.3 is 0 Å². The van der Waals surface area contributed by atoms with E-state index in [0.29, 0.717) is 6.42 Å². The molecule has 0 aliphatic carbocycles. The summed E-state index contributed by atoms with van der Waals surface area (Å²) >= 11 is 0. The van der Waals surface area contributed by atoms with Crippen LogP contribution < -0.4 is 10.9 Å². The average molecular weight is 454 g/mol. The lowest BCUT2D eigenvalue weighted by molar-refractivity contribution is -0.141. The van der Waals surface area contributed by atoms with Crippen molar-refractivity contribution in [2.45, 2.75) is 40.5 Å². The van der Waals surface area contributed by atoms with Gasteiger partial charge in [-0.25, -0.2) is 13.9 Å². The summed E-state index contributed by atoms with van der Waals surface area (Å²) in [4.78, 5) is 25.5. The Morgan fingerprint density at radius 2 is 1.65 bits per heavy atom. The molecule has 0 fully saturated rings. The fraction of sp³-hybridized carbons (Fsp3) is 0.545. The second-order valence-corrected chi connectivity index (χ2v) is 10.4. The van der Waals surface area contributed by atoms with E-state index >= 15 is 0 Å². The molecule has 0 saturated heterocycles. The summed E-state index contributed by atoms with van der Waals surface area (Å²) in [5.41, 5.74) is 5.08. The van der Waals surface area contributed by atoms with Crippen LogP contribution >= 0.6 is 0 Å². The van der Waals surface area contributed by atoms with Gasteiger partial charge in [-0.05, 0) is 30.2 Å². The van der Waals surface area contributed by atoms with Crippen molar-refractivity contribution in [1.82, 2.24) is 15.3 Å². The molecule has 0 aromatic heterocycles. The number of hydrogen-bond acceptors (Lipinski definition) is 5. The zero-order chi connectivity index (χ0) is 23.6. The highest BCUT2D eigenvalue weighted by Gasteiger charge is 2.35. The first-order valence-corrected chi connectivity index (χ1v) is 12.2. The van der Waals surface area contributed by atoms with E-state index in [1.165, 1.54) is 0 Å². The number of nitrogens with one attached hydrogen (secondary N) is 2. The predicted molar refractivity (Wildman–Crippen MR) is 121 cm³/mol.